The van der Waals surface area contributed by atoms with Crippen molar-refractivity contribution in [1.29, 1.82) is 0 Å². The van der Waals surface area contributed by atoms with E-state index in [-0.39, 0.29) is 5.97 Å². The predicted molar refractivity (Wildman–Crippen MR) is 161 cm³/mol. The molecule has 216 valence electrons. The molecule has 0 radical (unpaired) electrons. The molecule has 0 unspecified atom stereocenters. The molecule has 0 aliphatic carbocycles. The van der Waals surface area contributed by atoms with Gasteiger partial charge < -0.3 is 4.74 Å². The van der Waals surface area contributed by atoms with Gasteiger partial charge in [0.05, 0.1) is 6.61 Å². The van der Waals surface area contributed by atoms with Crippen LogP contribution in [0.2, 0.25) is 0 Å². The Balaban J connectivity index is 3.13. The van der Waals surface area contributed by atoms with Gasteiger partial charge in [-0.3, -0.25) is 4.79 Å². The predicted octanol–water partition coefficient (Wildman–Crippen LogP) is 12.3. The SMILES string of the molecule is CCCCCCCCCCCCCCCCCCOC(=O)CCCCCCCCCCCCCCC. The zero-order valence-corrected chi connectivity index (χ0v) is 25.2. The van der Waals surface area contributed by atoms with Crippen molar-refractivity contribution in [2.45, 2.75) is 206 Å². The van der Waals surface area contributed by atoms with E-state index in [1.807, 2.05) is 0 Å². The van der Waals surface area contributed by atoms with Gasteiger partial charge in [-0.1, -0.05) is 187 Å². The summed E-state index contributed by atoms with van der Waals surface area (Å²) in [4.78, 5) is 11.9. The van der Waals surface area contributed by atoms with Crippen molar-refractivity contribution < 1.29 is 9.53 Å². The molecular formula is C34H68O2. The number of rotatable bonds is 31. The Labute approximate surface area is 228 Å². The summed E-state index contributed by atoms with van der Waals surface area (Å²) in [5, 5.41) is 0. The Morgan fingerprint density at radius 2 is 0.611 bits per heavy atom. The van der Waals surface area contributed by atoms with Crippen LogP contribution in [0.1, 0.15) is 206 Å². The Kier molecular flexibility index (Phi) is 32.0. The highest BCUT2D eigenvalue weighted by Gasteiger charge is 2.02. The van der Waals surface area contributed by atoms with Crippen LogP contribution in [0.5, 0.6) is 0 Å². The molecule has 0 aliphatic rings. The second-order valence-corrected chi connectivity index (χ2v) is 11.5. The molecule has 0 aliphatic heterocycles. The maximum absolute atomic E-state index is 11.9. The summed E-state index contributed by atoms with van der Waals surface area (Å²) in [6.45, 7) is 5.21. The summed E-state index contributed by atoms with van der Waals surface area (Å²) in [6.07, 6.45) is 40.1. The Hall–Kier alpha value is -0.530. The summed E-state index contributed by atoms with van der Waals surface area (Å²) in [7, 11) is 0. The number of hydrogen-bond donors (Lipinski definition) is 0. The molecular weight excluding hydrogens is 440 g/mol. The van der Waals surface area contributed by atoms with Crippen molar-refractivity contribution in [2.24, 2.45) is 0 Å². The van der Waals surface area contributed by atoms with Crippen molar-refractivity contribution in [3.63, 3.8) is 0 Å². The maximum Gasteiger partial charge on any atom is 0.305 e. The number of unbranched alkanes of at least 4 members (excludes halogenated alkanes) is 27. The number of ether oxygens (including phenoxy) is 1. The van der Waals surface area contributed by atoms with E-state index in [9.17, 15) is 4.79 Å². The van der Waals surface area contributed by atoms with E-state index in [1.54, 1.807) is 0 Å². The van der Waals surface area contributed by atoms with Crippen molar-refractivity contribution in [3.05, 3.63) is 0 Å². The zero-order chi connectivity index (χ0) is 26.2. The van der Waals surface area contributed by atoms with Gasteiger partial charge in [0.15, 0.2) is 0 Å². The molecule has 0 bridgehead atoms. The molecule has 0 aromatic heterocycles. The molecule has 2 heteroatoms. The molecule has 0 aromatic carbocycles. The number of hydrogen-bond acceptors (Lipinski definition) is 2. The van der Waals surface area contributed by atoms with Crippen LogP contribution >= 0.6 is 0 Å². The van der Waals surface area contributed by atoms with Gasteiger partial charge in [0, 0.05) is 6.42 Å². The van der Waals surface area contributed by atoms with E-state index in [0.717, 1.165) is 12.8 Å². The average molecular weight is 509 g/mol. The van der Waals surface area contributed by atoms with Crippen LogP contribution in [0, 0.1) is 0 Å². The van der Waals surface area contributed by atoms with E-state index in [4.69, 9.17) is 4.74 Å². The summed E-state index contributed by atoms with van der Waals surface area (Å²) in [5.74, 6) is 0.0269. The van der Waals surface area contributed by atoms with E-state index in [2.05, 4.69) is 13.8 Å². The minimum atomic E-state index is 0.0269. The number of carbonyl (C=O) groups excluding carboxylic acids is 1. The lowest BCUT2D eigenvalue weighted by atomic mass is 10.0. The second kappa shape index (κ2) is 32.5. The second-order valence-electron chi connectivity index (χ2n) is 11.5. The molecule has 0 amide bonds. The monoisotopic (exact) mass is 509 g/mol. The maximum atomic E-state index is 11.9. The van der Waals surface area contributed by atoms with Gasteiger partial charge in [-0.15, -0.1) is 0 Å². The highest BCUT2D eigenvalue weighted by molar-refractivity contribution is 5.69. The molecule has 0 N–H and O–H groups in total. The smallest absolute Gasteiger partial charge is 0.305 e. The summed E-state index contributed by atoms with van der Waals surface area (Å²) in [5.41, 5.74) is 0. The largest absolute Gasteiger partial charge is 0.466 e. The normalized spacial score (nSPS) is 11.3. The minimum absolute atomic E-state index is 0.0269. The van der Waals surface area contributed by atoms with Crippen LogP contribution < -0.4 is 0 Å². The third-order valence-corrected chi connectivity index (χ3v) is 7.75. The first-order chi connectivity index (χ1) is 17.8. The molecule has 36 heavy (non-hydrogen) atoms. The molecule has 0 aromatic rings. The quantitative estimate of drug-likeness (QED) is 0.0687. The lowest BCUT2D eigenvalue weighted by Gasteiger charge is -2.06. The first-order valence-electron chi connectivity index (χ1n) is 17.0. The van der Waals surface area contributed by atoms with Crippen LogP contribution in [0.4, 0.5) is 0 Å². The third kappa shape index (κ3) is 31.5. The van der Waals surface area contributed by atoms with E-state index < -0.39 is 0 Å². The average Bonchev–Trinajstić information content (AvgIpc) is 2.88. The first-order valence-corrected chi connectivity index (χ1v) is 17.0. The molecule has 0 fully saturated rings. The van der Waals surface area contributed by atoms with Crippen LogP contribution in [-0.4, -0.2) is 12.6 Å². The van der Waals surface area contributed by atoms with Gasteiger partial charge in [0.2, 0.25) is 0 Å². The standard InChI is InChI=1S/C34H68O2/c1-3-5-7-9-11-13-15-17-18-19-21-23-25-27-29-31-33-36-34(35)32-30-28-26-24-22-20-16-14-12-10-8-6-4-2/h3-33H2,1-2H3. The van der Waals surface area contributed by atoms with Gasteiger partial charge in [-0.05, 0) is 12.8 Å². The summed E-state index contributed by atoms with van der Waals surface area (Å²) >= 11 is 0. The lowest BCUT2D eigenvalue weighted by Crippen LogP contribution is -2.05. The first kappa shape index (κ1) is 35.5. The van der Waals surface area contributed by atoms with Crippen LogP contribution in [-0.2, 0) is 9.53 Å². The van der Waals surface area contributed by atoms with Gasteiger partial charge >= 0.3 is 5.97 Å². The minimum Gasteiger partial charge on any atom is -0.466 e. The Morgan fingerprint density at radius 3 is 0.917 bits per heavy atom. The summed E-state index contributed by atoms with van der Waals surface area (Å²) < 4.78 is 5.43. The zero-order valence-electron chi connectivity index (χ0n) is 25.2. The van der Waals surface area contributed by atoms with Crippen molar-refractivity contribution in [2.75, 3.05) is 6.61 Å². The molecule has 0 spiro atoms. The fraction of sp³-hybridized carbons (Fsp3) is 0.971. The van der Waals surface area contributed by atoms with Crippen LogP contribution in [0.15, 0.2) is 0 Å². The molecule has 2 nitrogen and oxygen atoms in total. The highest BCUT2D eigenvalue weighted by atomic mass is 16.5. The lowest BCUT2D eigenvalue weighted by molar-refractivity contribution is -0.143. The molecule has 0 atom stereocenters. The van der Waals surface area contributed by atoms with Crippen molar-refractivity contribution >= 4 is 5.97 Å². The number of esters is 1. The number of carbonyl (C=O) groups is 1. The van der Waals surface area contributed by atoms with Gasteiger partial charge in [0.1, 0.15) is 0 Å². The summed E-state index contributed by atoms with van der Waals surface area (Å²) in [6, 6.07) is 0. The van der Waals surface area contributed by atoms with Crippen LogP contribution in [0.3, 0.4) is 0 Å². The third-order valence-electron chi connectivity index (χ3n) is 7.75. The van der Waals surface area contributed by atoms with E-state index in [0.29, 0.717) is 13.0 Å². The van der Waals surface area contributed by atoms with Crippen LogP contribution in [0.25, 0.3) is 0 Å². The Morgan fingerprint density at radius 1 is 0.361 bits per heavy atom. The van der Waals surface area contributed by atoms with Crippen molar-refractivity contribution in [3.8, 4) is 0 Å². The molecule has 0 saturated heterocycles. The van der Waals surface area contributed by atoms with Gasteiger partial charge in [-0.25, -0.2) is 0 Å². The molecule has 0 rings (SSSR count). The van der Waals surface area contributed by atoms with Crippen molar-refractivity contribution in [1.82, 2.24) is 0 Å². The van der Waals surface area contributed by atoms with Gasteiger partial charge in [0.25, 0.3) is 0 Å². The van der Waals surface area contributed by atoms with E-state index >= 15 is 0 Å². The molecule has 0 heterocycles. The fourth-order valence-corrected chi connectivity index (χ4v) is 5.20. The fourth-order valence-electron chi connectivity index (χ4n) is 5.20. The topological polar surface area (TPSA) is 26.3 Å². The van der Waals surface area contributed by atoms with Gasteiger partial charge in [-0.2, -0.15) is 0 Å². The molecule has 0 saturated carbocycles. The Bertz CT molecular complexity index is 406. The highest BCUT2D eigenvalue weighted by Crippen LogP contribution is 2.15. The van der Waals surface area contributed by atoms with E-state index in [1.165, 1.54) is 173 Å².